The van der Waals surface area contributed by atoms with Crippen molar-refractivity contribution in [1.29, 1.82) is 0 Å². The van der Waals surface area contributed by atoms with E-state index in [1.807, 2.05) is 24.3 Å². The summed E-state index contributed by atoms with van der Waals surface area (Å²) < 4.78 is 6.70. The largest absolute Gasteiger partial charge is 0.452 e. The average Bonchev–Trinajstić information content (AvgIpc) is 3.18. The van der Waals surface area contributed by atoms with Crippen LogP contribution < -0.4 is 0 Å². The van der Waals surface area contributed by atoms with E-state index in [1.165, 1.54) is 0 Å². The average molecular weight is 315 g/mol. The van der Waals surface area contributed by atoms with E-state index in [9.17, 15) is 4.79 Å². The molecule has 1 aromatic heterocycles. The third-order valence-electron chi connectivity index (χ3n) is 3.66. The van der Waals surface area contributed by atoms with Crippen molar-refractivity contribution in [2.75, 3.05) is 0 Å². The first kappa shape index (κ1) is 11.2. The number of Topliss-reactive ketones (excluding diaryl/α,β-unsaturated/α-hetero) is 1. The SMILES string of the molecule is O=C(c1cc2cc3ccccc3c(Br)c2o1)C1CC1. The molecule has 1 fully saturated rings. The molecule has 0 aliphatic heterocycles. The van der Waals surface area contributed by atoms with Crippen molar-refractivity contribution in [2.45, 2.75) is 12.8 Å². The Kier molecular flexibility index (Phi) is 2.33. The summed E-state index contributed by atoms with van der Waals surface area (Å²) in [4.78, 5) is 12.1. The molecule has 0 saturated heterocycles. The lowest BCUT2D eigenvalue weighted by Gasteiger charge is -2.00. The number of hydrogen-bond acceptors (Lipinski definition) is 2. The predicted molar refractivity (Wildman–Crippen MR) is 78.5 cm³/mol. The number of rotatable bonds is 2. The van der Waals surface area contributed by atoms with Gasteiger partial charge in [0.05, 0.1) is 4.47 Å². The van der Waals surface area contributed by atoms with Crippen LogP contribution in [0.25, 0.3) is 21.7 Å². The van der Waals surface area contributed by atoms with Gasteiger partial charge in [-0.3, -0.25) is 4.79 Å². The van der Waals surface area contributed by atoms with E-state index in [4.69, 9.17) is 4.42 Å². The number of carbonyl (C=O) groups excluding carboxylic acids is 1. The third-order valence-corrected chi connectivity index (χ3v) is 4.45. The van der Waals surface area contributed by atoms with E-state index in [0.29, 0.717) is 5.76 Å². The van der Waals surface area contributed by atoms with Crippen LogP contribution in [0.5, 0.6) is 0 Å². The molecule has 1 heterocycles. The summed E-state index contributed by atoms with van der Waals surface area (Å²) in [5, 5.41) is 3.23. The van der Waals surface area contributed by atoms with E-state index in [0.717, 1.165) is 39.1 Å². The van der Waals surface area contributed by atoms with Gasteiger partial charge in [0.2, 0.25) is 5.78 Å². The second-order valence-electron chi connectivity index (χ2n) is 5.08. The summed E-state index contributed by atoms with van der Waals surface area (Å²) in [5.74, 6) is 0.828. The second kappa shape index (κ2) is 3.94. The van der Waals surface area contributed by atoms with E-state index in [1.54, 1.807) is 0 Å². The molecule has 0 unspecified atom stereocenters. The molecule has 19 heavy (non-hydrogen) atoms. The van der Waals surface area contributed by atoms with E-state index >= 15 is 0 Å². The van der Waals surface area contributed by atoms with Gasteiger partial charge < -0.3 is 4.42 Å². The second-order valence-corrected chi connectivity index (χ2v) is 5.87. The van der Waals surface area contributed by atoms with Gasteiger partial charge in [0.25, 0.3) is 0 Å². The molecule has 0 spiro atoms. The smallest absolute Gasteiger partial charge is 0.201 e. The molecule has 1 aliphatic rings. The fourth-order valence-corrected chi connectivity index (χ4v) is 3.14. The lowest BCUT2D eigenvalue weighted by Crippen LogP contribution is -1.98. The molecule has 0 atom stereocenters. The summed E-state index contributed by atoms with van der Waals surface area (Å²) in [5.41, 5.74) is 0.766. The molecule has 2 aromatic carbocycles. The molecule has 3 aromatic rings. The lowest BCUT2D eigenvalue weighted by atomic mass is 10.1. The predicted octanol–water partition coefficient (Wildman–Crippen LogP) is 4.94. The maximum absolute atomic E-state index is 12.1. The number of fused-ring (bicyclic) bond motifs is 2. The van der Waals surface area contributed by atoms with Crippen molar-refractivity contribution in [1.82, 2.24) is 0 Å². The number of ketones is 1. The molecule has 1 saturated carbocycles. The number of furan rings is 1. The quantitative estimate of drug-likeness (QED) is 0.627. The summed E-state index contributed by atoms with van der Waals surface area (Å²) in [6.45, 7) is 0. The zero-order valence-electron chi connectivity index (χ0n) is 10.2. The highest BCUT2D eigenvalue weighted by atomic mass is 79.9. The molecule has 0 N–H and O–H groups in total. The van der Waals surface area contributed by atoms with Gasteiger partial charge in [-0.05, 0) is 51.7 Å². The number of benzene rings is 2. The van der Waals surface area contributed by atoms with Gasteiger partial charge in [-0.1, -0.05) is 24.3 Å². The van der Waals surface area contributed by atoms with Crippen LogP contribution in [0.2, 0.25) is 0 Å². The zero-order valence-corrected chi connectivity index (χ0v) is 11.7. The van der Waals surface area contributed by atoms with Gasteiger partial charge in [0, 0.05) is 11.3 Å². The Balaban J connectivity index is 1.99. The number of halogens is 1. The van der Waals surface area contributed by atoms with Crippen molar-refractivity contribution in [3.8, 4) is 0 Å². The fraction of sp³-hybridized carbons (Fsp3) is 0.188. The number of hydrogen-bond donors (Lipinski definition) is 0. The molecule has 0 bridgehead atoms. The van der Waals surface area contributed by atoms with Crippen LogP contribution in [0.15, 0.2) is 45.3 Å². The summed E-state index contributed by atoms with van der Waals surface area (Å²) in [6, 6.07) is 12.1. The lowest BCUT2D eigenvalue weighted by molar-refractivity contribution is 0.0942. The molecular formula is C16H11BrO2. The highest BCUT2D eigenvalue weighted by Gasteiger charge is 2.32. The van der Waals surface area contributed by atoms with Crippen molar-refractivity contribution >= 4 is 43.5 Å². The summed E-state index contributed by atoms with van der Waals surface area (Å²) in [6.07, 6.45) is 2.00. The van der Waals surface area contributed by atoms with E-state index in [-0.39, 0.29) is 11.7 Å². The van der Waals surface area contributed by atoms with Crippen LogP contribution in [0.1, 0.15) is 23.4 Å². The monoisotopic (exact) mass is 314 g/mol. The summed E-state index contributed by atoms with van der Waals surface area (Å²) >= 11 is 3.59. The van der Waals surface area contributed by atoms with Crippen LogP contribution in [-0.4, -0.2) is 5.78 Å². The maximum Gasteiger partial charge on any atom is 0.201 e. The van der Waals surface area contributed by atoms with Gasteiger partial charge >= 0.3 is 0 Å². The van der Waals surface area contributed by atoms with E-state index < -0.39 is 0 Å². The first-order chi connectivity index (χ1) is 9.24. The maximum atomic E-state index is 12.1. The van der Waals surface area contributed by atoms with Gasteiger partial charge in [-0.25, -0.2) is 0 Å². The van der Waals surface area contributed by atoms with Crippen molar-refractivity contribution in [3.63, 3.8) is 0 Å². The molecule has 0 radical (unpaired) electrons. The molecule has 0 amide bonds. The third kappa shape index (κ3) is 1.72. The van der Waals surface area contributed by atoms with Gasteiger partial charge in [-0.15, -0.1) is 0 Å². The molecule has 3 heteroatoms. The minimum atomic E-state index is 0.146. The van der Waals surface area contributed by atoms with Crippen LogP contribution >= 0.6 is 15.9 Å². The van der Waals surface area contributed by atoms with Gasteiger partial charge in [0.1, 0.15) is 5.58 Å². The Morgan fingerprint density at radius 1 is 1.16 bits per heavy atom. The minimum Gasteiger partial charge on any atom is -0.452 e. The normalized spacial score (nSPS) is 15.2. The Hall–Kier alpha value is -1.61. The molecule has 94 valence electrons. The topological polar surface area (TPSA) is 30.2 Å². The van der Waals surface area contributed by atoms with Gasteiger partial charge in [-0.2, -0.15) is 0 Å². The number of carbonyl (C=O) groups is 1. The van der Waals surface area contributed by atoms with Crippen LogP contribution in [0.3, 0.4) is 0 Å². The molecule has 1 aliphatic carbocycles. The summed E-state index contributed by atoms with van der Waals surface area (Å²) in [7, 11) is 0. The van der Waals surface area contributed by atoms with Crippen molar-refractivity contribution in [2.24, 2.45) is 5.92 Å². The van der Waals surface area contributed by atoms with E-state index in [2.05, 4.69) is 28.1 Å². The molecule has 4 rings (SSSR count). The first-order valence-electron chi connectivity index (χ1n) is 6.39. The Morgan fingerprint density at radius 3 is 2.74 bits per heavy atom. The molecular weight excluding hydrogens is 304 g/mol. The van der Waals surface area contributed by atoms with Crippen molar-refractivity contribution < 1.29 is 9.21 Å². The van der Waals surface area contributed by atoms with Crippen LogP contribution in [0, 0.1) is 5.92 Å². The zero-order chi connectivity index (χ0) is 13.0. The highest BCUT2D eigenvalue weighted by molar-refractivity contribution is 9.10. The highest BCUT2D eigenvalue weighted by Crippen LogP contribution is 2.38. The Morgan fingerprint density at radius 2 is 1.95 bits per heavy atom. The first-order valence-corrected chi connectivity index (χ1v) is 7.18. The van der Waals surface area contributed by atoms with Crippen LogP contribution in [0.4, 0.5) is 0 Å². The minimum absolute atomic E-state index is 0.146. The standard InChI is InChI=1S/C16H11BrO2/c17-14-12-4-2-1-3-10(12)7-11-8-13(19-16(11)14)15(18)9-5-6-9/h1-4,7-9H,5-6H2. The Bertz CT molecular complexity index is 812. The fourth-order valence-electron chi connectivity index (χ4n) is 2.46. The Labute approximate surface area is 118 Å². The van der Waals surface area contributed by atoms with Crippen molar-refractivity contribution in [3.05, 3.63) is 46.6 Å². The molecule has 2 nitrogen and oxygen atoms in total. The van der Waals surface area contributed by atoms with Crippen LogP contribution in [-0.2, 0) is 0 Å². The van der Waals surface area contributed by atoms with Gasteiger partial charge in [0.15, 0.2) is 5.76 Å².